The minimum absolute atomic E-state index is 0.0104. The van der Waals surface area contributed by atoms with Crippen molar-refractivity contribution in [2.45, 2.75) is 38.9 Å². The Labute approximate surface area is 84.5 Å². The highest BCUT2D eigenvalue weighted by molar-refractivity contribution is 5.33. The molecule has 2 nitrogen and oxygen atoms in total. The molecule has 1 aromatic rings. The largest absolute Gasteiger partial charge is 0.488 e. The zero-order chi connectivity index (χ0) is 10.1. The molecule has 14 heavy (non-hydrogen) atoms. The van der Waals surface area contributed by atoms with Crippen LogP contribution in [0.25, 0.3) is 0 Å². The maximum Gasteiger partial charge on any atom is 0.125 e. The number of aryl methyl sites for hydroxylation is 2. The Bertz CT molecular complexity index is 313. The van der Waals surface area contributed by atoms with Crippen LogP contribution in [0.1, 0.15) is 24.0 Å². The maximum absolute atomic E-state index is 9.38. The third-order valence-electron chi connectivity index (χ3n) is 2.66. The van der Waals surface area contributed by atoms with E-state index in [1.165, 1.54) is 11.1 Å². The molecule has 0 saturated heterocycles. The predicted octanol–water partition coefficient (Wildman–Crippen LogP) is 2.21. The van der Waals surface area contributed by atoms with Crippen molar-refractivity contribution < 1.29 is 9.84 Å². The average molecular weight is 192 g/mol. The molecule has 0 spiro atoms. The van der Waals surface area contributed by atoms with Crippen LogP contribution in [-0.2, 0) is 0 Å². The quantitative estimate of drug-likeness (QED) is 0.778. The fraction of sp³-hybridized carbons (Fsp3) is 0.500. The number of aliphatic hydroxyl groups excluding tert-OH is 1. The summed E-state index contributed by atoms with van der Waals surface area (Å²) in [7, 11) is 0. The van der Waals surface area contributed by atoms with Gasteiger partial charge in [0.2, 0.25) is 0 Å². The molecular weight excluding hydrogens is 176 g/mol. The first-order chi connectivity index (χ1) is 6.65. The second-order valence-corrected chi connectivity index (χ2v) is 4.12. The maximum atomic E-state index is 9.38. The Hall–Kier alpha value is -1.02. The zero-order valence-corrected chi connectivity index (χ0v) is 8.66. The second kappa shape index (κ2) is 3.62. The number of hydrogen-bond donors (Lipinski definition) is 1. The van der Waals surface area contributed by atoms with E-state index in [0.29, 0.717) is 0 Å². The minimum Gasteiger partial charge on any atom is -0.488 e. The van der Waals surface area contributed by atoms with E-state index >= 15 is 0 Å². The third-order valence-corrected chi connectivity index (χ3v) is 2.66. The van der Waals surface area contributed by atoms with Crippen LogP contribution in [0.15, 0.2) is 18.2 Å². The van der Waals surface area contributed by atoms with Gasteiger partial charge in [0.1, 0.15) is 11.9 Å². The van der Waals surface area contributed by atoms with Crippen molar-refractivity contribution >= 4 is 0 Å². The Morgan fingerprint density at radius 1 is 1.14 bits per heavy atom. The third kappa shape index (κ3) is 1.90. The molecule has 0 heterocycles. The molecule has 76 valence electrons. The topological polar surface area (TPSA) is 29.5 Å². The summed E-state index contributed by atoms with van der Waals surface area (Å²) >= 11 is 0. The Balaban J connectivity index is 2.08. The first-order valence-electron chi connectivity index (χ1n) is 5.08. The highest BCUT2D eigenvalue weighted by atomic mass is 16.5. The average Bonchev–Trinajstić information content (AvgIpc) is 2.10. The molecule has 0 bridgehead atoms. The van der Waals surface area contributed by atoms with Crippen molar-refractivity contribution in [1.29, 1.82) is 0 Å². The molecule has 1 aliphatic rings. The van der Waals surface area contributed by atoms with E-state index in [4.69, 9.17) is 4.74 Å². The highest BCUT2D eigenvalue weighted by Gasteiger charge is 2.30. The Morgan fingerprint density at radius 2 is 1.79 bits per heavy atom. The number of ether oxygens (including phenoxy) is 1. The summed E-state index contributed by atoms with van der Waals surface area (Å²) in [4.78, 5) is 0. The van der Waals surface area contributed by atoms with Gasteiger partial charge in [-0.15, -0.1) is 0 Å². The standard InChI is InChI=1S/C12H16O2/c1-8-5-9(2)7-10(6-8)14-12-4-3-11(12)13/h5-7,11-13H,3-4H2,1-2H3. The molecule has 2 rings (SSSR count). The molecule has 2 unspecified atom stereocenters. The van der Waals surface area contributed by atoms with Gasteiger partial charge in [-0.1, -0.05) is 6.07 Å². The van der Waals surface area contributed by atoms with Crippen molar-refractivity contribution in [1.82, 2.24) is 0 Å². The van der Waals surface area contributed by atoms with E-state index in [0.717, 1.165) is 18.6 Å². The highest BCUT2D eigenvalue weighted by Crippen LogP contribution is 2.26. The summed E-state index contributed by atoms with van der Waals surface area (Å²) in [6, 6.07) is 6.14. The van der Waals surface area contributed by atoms with Gasteiger partial charge in [0.25, 0.3) is 0 Å². The smallest absolute Gasteiger partial charge is 0.125 e. The molecule has 1 fully saturated rings. The van der Waals surface area contributed by atoms with Crippen LogP contribution in [0.5, 0.6) is 5.75 Å². The summed E-state index contributed by atoms with van der Waals surface area (Å²) in [6.45, 7) is 4.11. The van der Waals surface area contributed by atoms with Crippen LogP contribution in [0.4, 0.5) is 0 Å². The number of hydrogen-bond acceptors (Lipinski definition) is 2. The first-order valence-corrected chi connectivity index (χ1v) is 5.08. The molecule has 1 saturated carbocycles. The normalized spacial score (nSPS) is 25.6. The number of rotatable bonds is 2. The molecule has 1 N–H and O–H groups in total. The van der Waals surface area contributed by atoms with Crippen LogP contribution >= 0.6 is 0 Å². The molecule has 1 aromatic carbocycles. The van der Waals surface area contributed by atoms with Gasteiger partial charge in [-0.2, -0.15) is 0 Å². The molecule has 0 amide bonds. The van der Waals surface area contributed by atoms with Gasteiger partial charge in [0.05, 0.1) is 6.10 Å². The monoisotopic (exact) mass is 192 g/mol. The predicted molar refractivity (Wildman–Crippen MR) is 55.6 cm³/mol. The molecule has 0 radical (unpaired) electrons. The summed E-state index contributed by atoms with van der Waals surface area (Å²) < 4.78 is 5.67. The van der Waals surface area contributed by atoms with Crippen LogP contribution in [0, 0.1) is 13.8 Å². The zero-order valence-electron chi connectivity index (χ0n) is 8.66. The minimum atomic E-state index is -0.268. The van der Waals surface area contributed by atoms with Gasteiger partial charge < -0.3 is 9.84 Å². The van der Waals surface area contributed by atoms with E-state index in [1.54, 1.807) is 0 Å². The Kier molecular flexibility index (Phi) is 2.46. The molecule has 0 aromatic heterocycles. The summed E-state index contributed by atoms with van der Waals surface area (Å²) in [6.07, 6.45) is 1.58. The molecule has 2 heteroatoms. The van der Waals surface area contributed by atoms with Gasteiger partial charge in [-0.3, -0.25) is 0 Å². The number of benzene rings is 1. The molecule has 1 aliphatic carbocycles. The molecule has 2 atom stereocenters. The van der Waals surface area contributed by atoms with E-state index in [-0.39, 0.29) is 12.2 Å². The Morgan fingerprint density at radius 3 is 2.21 bits per heavy atom. The SMILES string of the molecule is Cc1cc(C)cc(OC2CCC2O)c1. The van der Waals surface area contributed by atoms with E-state index in [1.807, 2.05) is 12.1 Å². The molecule has 0 aliphatic heterocycles. The fourth-order valence-electron chi connectivity index (χ4n) is 1.77. The first kappa shape index (κ1) is 9.53. The molecular formula is C12H16O2. The van der Waals surface area contributed by atoms with Gasteiger partial charge in [0, 0.05) is 0 Å². The van der Waals surface area contributed by atoms with Gasteiger partial charge in [-0.25, -0.2) is 0 Å². The van der Waals surface area contributed by atoms with Crippen molar-refractivity contribution in [3.63, 3.8) is 0 Å². The van der Waals surface area contributed by atoms with Crippen molar-refractivity contribution in [3.8, 4) is 5.75 Å². The fourth-order valence-corrected chi connectivity index (χ4v) is 1.77. The van der Waals surface area contributed by atoms with Crippen molar-refractivity contribution in [3.05, 3.63) is 29.3 Å². The van der Waals surface area contributed by atoms with E-state index < -0.39 is 0 Å². The summed E-state index contributed by atoms with van der Waals surface area (Å²) in [5, 5.41) is 9.38. The van der Waals surface area contributed by atoms with Crippen molar-refractivity contribution in [2.75, 3.05) is 0 Å². The van der Waals surface area contributed by atoms with Gasteiger partial charge >= 0.3 is 0 Å². The van der Waals surface area contributed by atoms with Gasteiger partial charge in [-0.05, 0) is 49.9 Å². The number of aliphatic hydroxyl groups is 1. The van der Waals surface area contributed by atoms with Crippen LogP contribution in [-0.4, -0.2) is 17.3 Å². The lowest BCUT2D eigenvalue weighted by Gasteiger charge is -2.32. The lowest BCUT2D eigenvalue weighted by atomic mass is 9.92. The van der Waals surface area contributed by atoms with Gasteiger partial charge in [0.15, 0.2) is 0 Å². The van der Waals surface area contributed by atoms with Crippen molar-refractivity contribution in [2.24, 2.45) is 0 Å². The van der Waals surface area contributed by atoms with E-state index in [2.05, 4.69) is 19.9 Å². The van der Waals surface area contributed by atoms with E-state index in [9.17, 15) is 5.11 Å². The lowest BCUT2D eigenvalue weighted by Crippen LogP contribution is -2.41. The van der Waals surface area contributed by atoms with Crippen LogP contribution < -0.4 is 4.74 Å². The summed E-state index contributed by atoms with van der Waals surface area (Å²) in [5.41, 5.74) is 2.41. The van der Waals surface area contributed by atoms with Crippen LogP contribution in [0.3, 0.4) is 0 Å². The van der Waals surface area contributed by atoms with Crippen LogP contribution in [0.2, 0.25) is 0 Å². The second-order valence-electron chi connectivity index (χ2n) is 4.12. The lowest BCUT2D eigenvalue weighted by molar-refractivity contribution is -0.0362. The summed E-state index contributed by atoms with van der Waals surface area (Å²) in [5.74, 6) is 0.881.